The Hall–Kier alpha value is -1.57. The summed E-state index contributed by atoms with van der Waals surface area (Å²) in [6, 6.07) is 1.46. The number of carboxylic acids is 1. The van der Waals surface area contributed by atoms with Crippen LogP contribution in [0.3, 0.4) is 0 Å². The van der Waals surface area contributed by atoms with Crippen LogP contribution in [0.5, 0.6) is 5.75 Å². The molecule has 2 heterocycles. The van der Waals surface area contributed by atoms with Crippen LogP contribution in [0.2, 0.25) is 5.02 Å². The summed E-state index contributed by atoms with van der Waals surface area (Å²) in [6.07, 6.45) is 0.755. The smallest absolute Gasteiger partial charge is 0.478 e. The largest absolute Gasteiger partial charge is 0.495 e. The van der Waals surface area contributed by atoms with Crippen molar-refractivity contribution < 1.29 is 28.7 Å². The second-order valence-electron chi connectivity index (χ2n) is 7.22. The van der Waals surface area contributed by atoms with E-state index in [1.165, 1.54) is 13.0 Å². The van der Waals surface area contributed by atoms with Crippen molar-refractivity contribution >= 4 is 36.4 Å². The van der Waals surface area contributed by atoms with E-state index in [4.69, 9.17) is 25.6 Å². The molecule has 1 aromatic rings. The number of carboxylic acid groups (broad SMARTS) is 1. The summed E-state index contributed by atoms with van der Waals surface area (Å²) in [4.78, 5) is 23.0. The van der Waals surface area contributed by atoms with Crippen LogP contribution in [0.4, 0.5) is 0 Å². The van der Waals surface area contributed by atoms with E-state index in [0.717, 1.165) is 0 Å². The molecule has 0 aliphatic carbocycles. The van der Waals surface area contributed by atoms with E-state index < -0.39 is 18.7 Å². The summed E-state index contributed by atoms with van der Waals surface area (Å²) in [7, 11) is -0.746. The first kappa shape index (κ1) is 17.3. The number of hydrogen-bond acceptors (Lipinski definition) is 5. The van der Waals surface area contributed by atoms with Gasteiger partial charge in [0.05, 0.1) is 5.02 Å². The molecular formula is C16H18BClO6. The number of carbonyl (C=O) groups excluding carboxylic acids is 1. The second-order valence-corrected chi connectivity index (χ2v) is 7.63. The number of hydrogen-bond donors (Lipinski definition) is 1. The number of aldehydes is 1. The molecule has 0 saturated carbocycles. The molecule has 0 bridgehead atoms. The zero-order valence-electron chi connectivity index (χ0n) is 13.7. The van der Waals surface area contributed by atoms with Crippen LogP contribution in [0.15, 0.2) is 6.07 Å². The molecule has 2 aliphatic heterocycles. The predicted molar refractivity (Wildman–Crippen MR) is 88.3 cm³/mol. The molecule has 128 valence electrons. The van der Waals surface area contributed by atoms with Gasteiger partial charge in [0.15, 0.2) is 0 Å². The van der Waals surface area contributed by atoms with Gasteiger partial charge in [-0.25, -0.2) is 4.79 Å². The zero-order chi connectivity index (χ0) is 17.7. The maximum absolute atomic E-state index is 11.5. The Kier molecular flexibility index (Phi) is 4.14. The third-order valence-electron chi connectivity index (χ3n) is 4.32. The van der Waals surface area contributed by atoms with Gasteiger partial charge in [0.2, 0.25) is 5.60 Å². The summed E-state index contributed by atoms with van der Waals surface area (Å²) in [5.74, 6) is -0.820. The zero-order valence-corrected chi connectivity index (χ0v) is 14.5. The Bertz CT molecular complexity index is 709. The highest BCUT2D eigenvalue weighted by Crippen LogP contribution is 2.41. The van der Waals surface area contributed by atoms with Crippen molar-refractivity contribution in [3.05, 3.63) is 22.2 Å². The first-order valence-corrected chi connectivity index (χ1v) is 8.01. The molecule has 1 saturated heterocycles. The molecule has 2 aliphatic rings. The van der Waals surface area contributed by atoms with E-state index in [9.17, 15) is 14.7 Å². The summed E-state index contributed by atoms with van der Waals surface area (Å²) in [6.45, 7) is 6.43. The van der Waals surface area contributed by atoms with Crippen molar-refractivity contribution in [3.63, 3.8) is 0 Å². The highest BCUT2D eigenvalue weighted by atomic mass is 35.5. The van der Waals surface area contributed by atoms with Crippen LogP contribution in [0.25, 0.3) is 0 Å². The minimum atomic E-state index is -1.43. The van der Waals surface area contributed by atoms with Crippen LogP contribution in [-0.4, -0.2) is 43.3 Å². The van der Waals surface area contributed by atoms with Crippen LogP contribution < -0.4 is 10.2 Å². The molecule has 0 amide bonds. The van der Waals surface area contributed by atoms with Gasteiger partial charge in [-0.2, -0.15) is 0 Å². The minimum Gasteiger partial charge on any atom is -0.478 e. The lowest BCUT2D eigenvalue weighted by molar-refractivity contribution is -0.152. The summed E-state index contributed by atoms with van der Waals surface area (Å²) < 4.78 is 17.2. The molecule has 0 aromatic heterocycles. The molecule has 1 fully saturated rings. The molecule has 1 N–H and O–H groups in total. The minimum absolute atomic E-state index is 0.0843. The number of halogens is 1. The topological polar surface area (TPSA) is 82.1 Å². The maximum atomic E-state index is 11.5. The van der Waals surface area contributed by atoms with E-state index in [-0.39, 0.29) is 22.6 Å². The molecule has 3 rings (SSSR count). The van der Waals surface area contributed by atoms with Crippen molar-refractivity contribution in [3.8, 4) is 5.75 Å². The molecule has 0 radical (unpaired) electrons. The number of rotatable bonds is 3. The van der Waals surface area contributed by atoms with Crippen molar-refractivity contribution in [1.29, 1.82) is 0 Å². The SMILES string of the molecule is CC1(C)COB(c2c(C=O)cc(Cl)c3c2CC(C)(C(=O)O)O3)OC1. The van der Waals surface area contributed by atoms with Crippen LogP contribution in [0.1, 0.15) is 36.7 Å². The van der Waals surface area contributed by atoms with Gasteiger partial charge in [-0.1, -0.05) is 25.4 Å². The van der Waals surface area contributed by atoms with E-state index in [0.29, 0.717) is 36.1 Å². The number of fused-ring (bicyclic) bond motifs is 1. The number of aliphatic carboxylic acids is 1. The molecule has 0 spiro atoms. The lowest BCUT2D eigenvalue weighted by Crippen LogP contribution is -2.50. The van der Waals surface area contributed by atoms with Crippen LogP contribution in [-0.2, 0) is 20.5 Å². The summed E-state index contributed by atoms with van der Waals surface area (Å²) in [5, 5.41) is 9.64. The quantitative estimate of drug-likeness (QED) is 0.658. The summed E-state index contributed by atoms with van der Waals surface area (Å²) >= 11 is 6.18. The Morgan fingerprint density at radius 2 is 1.96 bits per heavy atom. The number of benzene rings is 1. The highest BCUT2D eigenvalue weighted by molar-refractivity contribution is 6.63. The molecule has 8 heteroatoms. The Balaban J connectivity index is 2.06. The van der Waals surface area contributed by atoms with Gasteiger partial charge >= 0.3 is 13.1 Å². The monoisotopic (exact) mass is 352 g/mol. The third kappa shape index (κ3) is 2.81. The lowest BCUT2D eigenvalue weighted by atomic mass is 9.70. The van der Waals surface area contributed by atoms with Gasteiger partial charge in [0.25, 0.3) is 0 Å². The fourth-order valence-corrected chi connectivity index (χ4v) is 3.23. The molecule has 1 unspecified atom stereocenters. The van der Waals surface area contributed by atoms with Crippen molar-refractivity contribution in [2.45, 2.75) is 32.8 Å². The molecular weight excluding hydrogens is 334 g/mol. The average Bonchev–Trinajstić information content (AvgIpc) is 2.87. The van der Waals surface area contributed by atoms with Crippen LogP contribution >= 0.6 is 11.6 Å². The molecule has 24 heavy (non-hydrogen) atoms. The fraction of sp³-hybridized carbons (Fsp3) is 0.500. The van der Waals surface area contributed by atoms with Crippen molar-refractivity contribution in [1.82, 2.24) is 0 Å². The van der Waals surface area contributed by atoms with Crippen molar-refractivity contribution in [2.75, 3.05) is 13.2 Å². The van der Waals surface area contributed by atoms with Crippen LogP contribution in [0, 0.1) is 5.41 Å². The standard InChI is InChI=1S/C16H18BClO6/c1-15(2)7-22-17(23-8-15)12-9(6-19)4-11(18)13-10(12)5-16(3,24-13)14(20)21/h4,6H,5,7-8H2,1-3H3,(H,20,21). The fourth-order valence-electron chi connectivity index (χ4n) is 2.96. The second kappa shape index (κ2) is 5.76. The molecule has 1 aromatic carbocycles. The van der Waals surface area contributed by atoms with Gasteiger partial charge in [0.1, 0.15) is 12.0 Å². The van der Waals surface area contributed by atoms with Gasteiger partial charge in [-0.15, -0.1) is 0 Å². The predicted octanol–water partition coefficient (Wildman–Crippen LogP) is 1.70. The van der Waals surface area contributed by atoms with Gasteiger partial charge in [0, 0.05) is 41.6 Å². The number of carbonyl (C=O) groups is 2. The molecule has 1 atom stereocenters. The highest BCUT2D eigenvalue weighted by Gasteiger charge is 2.47. The Morgan fingerprint density at radius 3 is 2.50 bits per heavy atom. The Labute approximate surface area is 145 Å². The van der Waals surface area contributed by atoms with Gasteiger partial charge in [-0.3, -0.25) is 4.79 Å². The van der Waals surface area contributed by atoms with Crippen molar-refractivity contribution in [2.24, 2.45) is 5.41 Å². The van der Waals surface area contributed by atoms with E-state index >= 15 is 0 Å². The number of ether oxygens (including phenoxy) is 1. The first-order valence-electron chi connectivity index (χ1n) is 7.63. The Morgan fingerprint density at radius 1 is 1.33 bits per heavy atom. The third-order valence-corrected chi connectivity index (χ3v) is 4.60. The van der Waals surface area contributed by atoms with Gasteiger partial charge in [-0.05, 0) is 13.0 Å². The van der Waals surface area contributed by atoms with Gasteiger partial charge < -0.3 is 19.2 Å². The van der Waals surface area contributed by atoms with E-state index in [1.807, 2.05) is 13.8 Å². The first-order chi connectivity index (χ1) is 11.2. The average molecular weight is 353 g/mol. The van der Waals surface area contributed by atoms with E-state index in [1.54, 1.807) is 0 Å². The molecule has 6 nitrogen and oxygen atoms in total. The van der Waals surface area contributed by atoms with E-state index in [2.05, 4.69) is 0 Å². The normalized spacial score (nSPS) is 25.1. The lowest BCUT2D eigenvalue weighted by Gasteiger charge is -2.34. The maximum Gasteiger partial charge on any atom is 0.495 e. The summed E-state index contributed by atoms with van der Waals surface area (Å²) in [5.41, 5.74) is -0.179.